The second-order valence-corrected chi connectivity index (χ2v) is 6.98. The van der Waals surface area contributed by atoms with Crippen LogP contribution in [0.1, 0.15) is 51.3 Å². The van der Waals surface area contributed by atoms with Gasteiger partial charge in [-0.2, -0.15) is 0 Å². The van der Waals surface area contributed by atoms with Gasteiger partial charge in [0.05, 0.1) is 0 Å². The minimum absolute atomic E-state index is 0.00520. The van der Waals surface area contributed by atoms with Crippen molar-refractivity contribution < 1.29 is 4.79 Å². The van der Waals surface area contributed by atoms with Gasteiger partial charge in [-0.3, -0.25) is 4.79 Å². The van der Waals surface area contributed by atoms with Crippen molar-refractivity contribution >= 4 is 17.2 Å². The highest BCUT2D eigenvalue weighted by molar-refractivity contribution is 7.10. The van der Waals surface area contributed by atoms with Crippen LogP contribution in [0.25, 0.3) is 0 Å². The average Bonchev–Trinajstić information content (AvgIpc) is 2.96. The predicted molar refractivity (Wildman–Crippen MR) is 87.0 cm³/mol. The fourth-order valence-corrected chi connectivity index (χ4v) is 3.13. The first kappa shape index (κ1) is 17.2. The number of hydrogen-bond donors (Lipinski definition) is 2. The first-order valence-corrected chi connectivity index (χ1v) is 8.38. The maximum absolute atomic E-state index is 11.9. The number of rotatable bonds is 9. The van der Waals surface area contributed by atoms with Crippen LogP contribution in [-0.4, -0.2) is 19.0 Å². The second kappa shape index (κ2) is 8.42. The summed E-state index contributed by atoms with van der Waals surface area (Å²) in [4.78, 5) is 13.3. The lowest BCUT2D eigenvalue weighted by molar-refractivity contribution is -0.121. The van der Waals surface area contributed by atoms with Gasteiger partial charge in [-0.1, -0.05) is 33.3 Å². The van der Waals surface area contributed by atoms with E-state index < -0.39 is 0 Å². The van der Waals surface area contributed by atoms with E-state index in [1.54, 1.807) is 11.3 Å². The zero-order valence-corrected chi connectivity index (χ0v) is 13.8. The highest BCUT2D eigenvalue weighted by Crippen LogP contribution is 2.26. The average molecular weight is 296 g/mol. The molecule has 0 bridgehead atoms. The molecule has 1 aromatic heterocycles. The molecule has 1 unspecified atom stereocenters. The van der Waals surface area contributed by atoms with Crippen molar-refractivity contribution in [3.05, 3.63) is 22.4 Å². The molecule has 0 radical (unpaired) electrons. The van der Waals surface area contributed by atoms with Crippen LogP contribution in [0.4, 0.5) is 0 Å². The number of carbonyl (C=O) groups is 1. The third-order valence-electron chi connectivity index (χ3n) is 3.85. The van der Waals surface area contributed by atoms with E-state index in [0.717, 1.165) is 19.3 Å². The number of carbonyl (C=O) groups excluding carboxylic acids is 1. The number of nitrogens with one attached hydrogen (secondary N) is 1. The molecule has 1 aromatic rings. The monoisotopic (exact) mass is 296 g/mol. The van der Waals surface area contributed by atoms with Crippen LogP contribution in [-0.2, 0) is 10.2 Å². The van der Waals surface area contributed by atoms with E-state index >= 15 is 0 Å². The molecule has 4 heteroatoms. The maximum Gasteiger partial charge on any atom is 0.220 e. The lowest BCUT2D eigenvalue weighted by Crippen LogP contribution is -2.36. The van der Waals surface area contributed by atoms with Gasteiger partial charge in [0, 0.05) is 23.3 Å². The van der Waals surface area contributed by atoms with Gasteiger partial charge in [-0.25, -0.2) is 0 Å². The van der Waals surface area contributed by atoms with Crippen molar-refractivity contribution in [3.8, 4) is 0 Å². The summed E-state index contributed by atoms with van der Waals surface area (Å²) in [6.45, 7) is 7.91. The van der Waals surface area contributed by atoms with Crippen LogP contribution in [0, 0.1) is 5.92 Å². The largest absolute Gasteiger partial charge is 0.355 e. The molecule has 0 aromatic carbocycles. The minimum Gasteiger partial charge on any atom is -0.355 e. The van der Waals surface area contributed by atoms with Crippen molar-refractivity contribution in [2.24, 2.45) is 11.7 Å². The Labute approximate surface area is 127 Å². The van der Waals surface area contributed by atoms with E-state index in [0.29, 0.717) is 25.4 Å². The molecule has 0 saturated carbocycles. The van der Waals surface area contributed by atoms with Gasteiger partial charge in [-0.15, -0.1) is 11.3 Å². The van der Waals surface area contributed by atoms with E-state index in [1.807, 2.05) is 0 Å². The Morgan fingerprint density at radius 2 is 2.20 bits per heavy atom. The van der Waals surface area contributed by atoms with Crippen molar-refractivity contribution in [1.82, 2.24) is 5.32 Å². The lowest BCUT2D eigenvalue weighted by atomic mass is 9.91. The molecule has 3 nitrogen and oxygen atoms in total. The van der Waals surface area contributed by atoms with E-state index in [4.69, 9.17) is 5.73 Å². The number of thiophene rings is 1. The topological polar surface area (TPSA) is 55.1 Å². The first-order valence-electron chi connectivity index (χ1n) is 7.50. The molecular weight excluding hydrogens is 268 g/mol. The molecule has 1 amide bonds. The molecule has 0 saturated heterocycles. The number of hydrogen-bond acceptors (Lipinski definition) is 3. The molecule has 0 aliphatic heterocycles. The van der Waals surface area contributed by atoms with Crippen LogP contribution in [0.5, 0.6) is 0 Å². The Bertz CT molecular complexity index is 387. The van der Waals surface area contributed by atoms with Crippen molar-refractivity contribution in [3.63, 3.8) is 0 Å². The van der Waals surface area contributed by atoms with Gasteiger partial charge >= 0.3 is 0 Å². The normalized spacial score (nSPS) is 13.2. The van der Waals surface area contributed by atoms with Crippen LogP contribution < -0.4 is 11.1 Å². The summed E-state index contributed by atoms with van der Waals surface area (Å²) in [7, 11) is 0. The Kier molecular flexibility index (Phi) is 7.24. The molecule has 1 atom stereocenters. The van der Waals surface area contributed by atoms with Gasteiger partial charge < -0.3 is 11.1 Å². The highest BCUT2D eigenvalue weighted by Gasteiger charge is 2.22. The molecule has 0 spiro atoms. The fourth-order valence-electron chi connectivity index (χ4n) is 2.28. The van der Waals surface area contributed by atoms with E-state index in [9.17, 15) is 4.79 Å². The second-order valence-electron chi connectivity index (χ2n) is 6.03. The van der Waals surface area contributed by atoms with Gasteiger partial charge in [0.2, 0.25) is 5.91 Å². The third-order valence-corrected chi connectivity index (χ3v) is 5.08. The number of amides is 1. The fraction of sp³-hybridized carbons (Fsp3) is 0.688. The Morgan fingerprint density at radius 1 is 1.45 bits per heavy atom. The molecule has 0 aliphatic carbocycles. The van der Waals surface area contributed by atoms with Crippen molar-refractivity contribution in [2.45, 2.75) is 51.9 Å². The standard InChI is InChI=1S/C16H28N2OS/c1-4-13(9-10-17)7-8-15(19)18-12-16(2,3)14-6-5-11-20-14/h5-6,11,13H,4,7-10,12,17H2,1-3H3,(H,18,19). The molecule has 20 heavy (non-hydrogen) atoms. The maximum atomic E-state index is 11.9. The highest BCUT2D eigenvalue weighted by atomic mass is 32.1. The van der Waals surface area contributed by atoms with Crippen LogP contribution >= 0.6 is 11.3 Å². The minimum atomic E-state index is 0.00520. The van der Waals surface area contributed by atoms with E-state index in [1.165, 1.54) is 4.88 Å². The SMILES string of the molecule is CCC(CCN)CCC(=O)NCC(C)(C)c1cccs1. The Hall–Kier alpha value is -0.870. The molecule has 0 fully saturated rings. The molecule has 3 N–H and O–H groups in total. The van der Waals surface area contributed by atoms with Gasteiger partial charge in [0.1, 0.15) is 0 Å². The first-order chi connectivity index (χ1) is 9.49. The summed E-state index contributed by atoms with van der Waals surface area (Å²) in [6.07, 6.45) is 3.67. The molecule has 1 rings (SSSR count). The molecule has 114 valence electrons. The van der Waals surface area contributed by atoms with Crippen molar-refractivity contribution in [2.75, 3.05) is 13.1 Å². The van der Waals surface area contributed by atoms with Crippen molar-refractivity contribution in [1.29, 1.82) is 0 Å². The van der Waals surface area contributed by atoms with Gasteiger partial charge in [0.15, 0.2) is 0 Å². The predicted octanol–water partition coefficient (Wildman–Crippen LogP) is 3.30. The lowest BCUT2D eigenvalue weighted by Gasteiger charge is -2.24. The summed E-state index contributed by atoms with van der Waals surface area (Å²) in [6, 6.07) is 4.19. The molecule has 0 aliphatic rings. The van der Waals surface area contributed by atoms with E-state index in [-0.39, 0.29) is 11.3 Å². The molecular formula is C16H28N2OS. The number of nitrogens with two attached hydrogens (primary N) is 1. The quantitative estimate of drug-likeness (QED) is 0.734. The summed E-state index contributed by atoms with van der Waals surface area (Å²) in [5.74, 6) is 0.737. The van der Waals surface area contributed by atoms with Gasteiger partial charge in [0.25, 0.3) is 0 Å². The summed E-state index contributed by atoms with van der Waals surface area (Å²) in [5, 5.41) is 5.15. The smallest absolute Gasteiger partial charge is 0.220 e. The van der Waals surface area contributed by atoms with Crippen LogP contribution in [0.3, 0.4) is 0 Å². The summed E-state index contributed by atoms with van der Waals surface area (Å²) >= 11 is 1.74. The summed E-state index contributed by atoms with van der Waals surface area (Å²) < 4.78 is 0. The van der Waals surface area contributed by atoms with Crippen LogP contribution in [0.2, 0.25) is 0 Å². The zero-order chi connectivity index (χ0) is 15.0. The molecule has 1 heterocycles. The Balaban J connectivity index is 2.32. The van der Waals surface area contributed by atoms with Gasteiger partial charge in [-0.05, 0) is 36.8 Å². The Morgan fingerprint density at radius 3 is 2.75 bits per heavy atom. The van der Waals surface area contributed by atoms with Crippen LogP contribution in [0.15, 0.2) is 17.5 Å². The third kappa shape index (κ3) is 5.63. The van der Waals surface area contributed by atoms with E-state index in [2.05, 4.69) is 43.6 Å². The summed E-state index contributed by atoms with van der Waals surface area (Å²) in [5.41, 5.74) is 5.59. The zero-order valence-electron chi connectivity index (χ0n) is 12.9.